The maximum absolute atomic E-state index is 12.2. The number of aliphatic hydroxyl groups is 1. The van der Waals surface area contributed by atoms with E-state index in [4.69, 9.17) is 11.6 Å². The van der Waals surface area contributed by atoms with Crippen LogP contribution in [0.5, 0.6) is 0 Å². The SMILES string of the molecule is O=C(Nc1ccccc1Cl)C1CCCCC1CO. The molecule has 1 amide bonds. The fourth-order valence-corrected chi connectivity index (χ4v) is 2.74. The van der Waals surface area contributed by atoms with Gasteiger partial charge in [-0.3, -0.25) is 4.79 Å². The highest BCUT2D eigenvalue weighted by atomic mass is 35.5. The van der Waals surface area contributed by atoms with Gasteiger partial charge in [0.1, 0.15) is 0 Å². The summed E-state index contributed by atoms with van der Waals surface area (Å²) in [6, 6.07) is 7.21. The summed E-state index contributed by atoms with van der Waals surface area (Å²) in [7, 11) is 0. The fourth-order valence-electron chi connectivity index (χ4n) is 2.56. The molecule has 98 valence electrons. The van der Waals surface area contributed by atoms with Crippen LogP contribution in [0.15, 0.2) is 24.3 Å². The van der Waals surface area contributed by atoms with Crippen LogP contribution in [0.1, 0.15) is 25.7 Å². The van der Waals surface area contributed by atoms with E-state index in [-0.39, 0.29) is 24.3 Å². The zero-order valence-electron chi connectivity index (χ0n) is 10.2. The Balaban J connectivity index is 2.05. The first kappa shape index (κ1) is 13.4. The van der Waals surface area contributed by atoms with Crippen LogP contribution in [0.4, 0.5) is 5.69 Å². The quantitative estimate of drug-likeness (QED) is 0.884. The highest BCUT2D eigenvalue weighted by molar-refractivity contribution is 6.33. The first-order valence-electron chi connectivity index (χ1n) is 6.38. The van der Waals surface area contributed by atoms with Crippen molar-refractivity contribution in [1.82, 2.24) is 0 Å². The molecule has 0 bridgehead atoms. The summed E-state index contributed by atoms with van der Waals surface area (Å²) < 4.78 is 0. The molecule has 2 rings (SSSR count). The monoisotopic (exact) mass is 267 g/mol. The highest BCUT2D eigenvalue weighted by Gasteiger charge is 2.30. The number of benzene rings is 1. The van der Waals surface area contributed by atoms with Gasteiger partial charge >= 0.3 is 0 Å². The summed E-state index contributed by atoms with van der Waals surface area (Å²) in [5.41, 5.74) is 0.645. The third-order valence-electron chi connectivity index (χ3n) is 3.61. The van der Waals surface area contributed by atoms with Crippen molar-refractivity contribution in [3.8, 4) is 0 Å². The van der Waals surface area contributed by atoms with Gasteiger partial charge < -0.3 is 10.4 Å². The molecule has 4 heteroatoms. The van der Waals surface area contributed by atoms with Gasteiger partial charge in [-0.15, -0.1) is 0 Å². The largest absolute Gasteiger partial charge is 0.396 e. The number of carbonyl (C=O) groups is 1. The Hall–Kier alpha value is -1.06. The molecule has 1 saturated carbocycles. The van der Waals surface area contributed by atoms with Crippen LogP contribution in [0.2, 0.25) is 5.02 Å². The number of anilines is 1. The number of para-hydroxylation sites is 1. The molecular formula is C14H18ClNO2. The van der Waals surface area contributed by atoms with Gasteiger partial charge in [0.05, 0.1) is 10.7 Å². The molecule has 1 aliphatic rings. The maximum atomic E-state index is 12.2. The number of hydrogen-bond acceptors (Lipinski definition) is 2. The van der Waals surface area contributed by atoms with Gasteiger partial charge in [-0.2, -0.15) is 0 Å². The zero-order chi connectivity index (χ0) is 13.0. The lowest BCUT2D eigenvalue weighted by Crippen LogP contribution is -2.33. The van der Waals surface area contributed by atoms with E-state index in [2.05, 4.69) is 5.32 Å². The van der Waals surface area contributed by atoms with Gasteiger partial charge in [-0.05, 0) is 30.9 Å². The summed E-state index contributed by atoms with van der Waals surface area (Å²) in [4.78, 5) is 12.2. The Morgan fingerprint density at radius 3 is 2.78 bits per heavy atom. The zero-order valence-corrected chi connectivity index (χ0v) is 11.0. The average Bonchev–Trinajstić information content (AvgIpc) is 2.41. The third kappa shape index (κ3) is 3.03. The Labute approximate surface area is 112 Å². The van der Waals surface area contributed by atoms with E-state index >= 15 is 0 Å². The highest BCUT2D eigenvalue weighted by Crippen LogP contribution is 2.31. The van der Waals surface area contributed by atoms with E-state index in [1.54, 1.807) is 12.1 Å². The maximum Gasteiger partial charge on any atom is 0.227 e. The Morgan fingerprint density at radius 2 is 2.06 bits per heavy atom. The molecular weight excluding hydrogens is 250 g/mol. The van der Waals surface area contributed by atoms with Gasteiger partial charge in [0.2, 0.25) is 5.91 Å². The number of nitrogens with one attached hydrogen (secondary N) is 1. The third-order valence-corrected chi connectivity index (χ3v) is 3.94. The molecule has 1 aromatic carbocycles. The number of carbonyl (C=O) groups excluding carboxylic acids is 1. The number of amides is 1. The lowest BCUT2D eigenvalue weighted by atomic mass is 9.79. The number of halogens is 1. The normalized spacial score (nSPS) is 23.7. The minimum atomic E-state index is -0.0972. The topological polar surface area (TPSA) is 49.3 Å². The molecule has 2 atom stereocenters. The van der Waals surface area contributed by atoms with E-state index in [1.165, 1.54) is 0 Å². The van der Waals surface area contributed by atoms with Crippen LogP contribution in [-0.2, 0) is 4.79 Å². The average molecular weight is 268 g/mol. The molecule has 0 aromatic heterocycles. The second-order valence-electron chi connectivity index (χ2n) is 4.80. The molecule has 0 saturated heterocycles. The Bertz CT molecular complexity index is 422. The van der Waals surface area contributed by atoms with Crippen molar-refractivity contribution in [3.63, 3.8) is 0 Å². The first-order valence-corrected chi connectivity index (χ1v) is 6.76. The van der Waals surface area contributed by atoms with Crippen molar-refractivity contribution in [3.05, 3.63) is 29.3 Å². The summed E-state index contributed by atoms with van der Waals surface area (Å²) in [5, 5.41) is 12.7. The molecule has 1 aliphatic carbocycles. The molecule has 0 aliphatic heterocycles. The number of rotatable bonds is 3. The standard InChI is InChI=1S/C14H18ClNO2/c15-12-7-3-4-8-13(12)16-14(18)11-6-2-1-5-10(11)9-17/h3-4,7-8,10-11,17H,1-2,5-6,9H2,(H,16,18). The second kappa shape index (κ2) is 6.21. The van der Waals surface area contributed by atoms with Gasteiger partial charge in [0, 0.05) is 12.5 Å². The number of aliphatic hydroxyl groups excluding tert-OH is 1. The molecule has 18 heavy (non-hydrogen) atoms. The van der Waals surface area contributed by atoms with Crippen LogP contribution in [0, 0.1) is 11.8 Å². The predicted octanol–water partition coefficient (Wildman–Crippen LogP) is 3.08. The van der Waals surface area contributed by atoms with Crippen molar-refractivity contribution < 1.29 is 9.90 Å². The molecule has 1 fully saturated rings. The smallest absolute Gasteiger partial charge is 0.227 e. The van der Waals surface area contributed by atoms with E-state index in [0.29, 0.717) is 10.7 Å². The lowest BCUT2D eigenvalue weighted by Gasteiger charge is -2.29. The second-order valence-corrected chi connectivity index (χ2v) is 5.21. The molecule has 0 radical (unpaired) electrons. The Morgan fingerprint density at radius 1 is 1.33 bits per heavy atom. The van der Waals surface area contributed by atoms with E-state index in [9.17, 15) is 9.90 Å². The van der Waals surface area contributed by atoms with E-state index in [1.807, 2.05) is 12.1 Å². The van der Waals surface area contributed by atoms with Gasteiger partial charge in [0.15, 0.2) is 0 Å². The molecule has 0 spiro atoms. The van der Waals surface area contributed by atoms with Gasteiger partial charge in [-0.25, -0.2) is 0 Å². The van der Waals surface area contributed by atoms with Crippen molar-refractivity contribution in [2.24, 2.45) is 11.8 Å². The first-order chi connectivity index (χ1) is 8.72. The molecule has 1 aromatic rings. The van der Waals surface area contributed by atoms with Crippen molar-refractivity contribution in [2.75, 3.05) is 11.9 Å². The summed E-state index contributed by atoms with van der Waals surface area (Å²) >= 11 is 6.01. The summed E-state index contributed by atoms with van der Waals surface area (Å²) in [5.74, 6) is -0.0388. The number of hydrogen-bond donors (Lipinski definition) is 2. The summed E-state index contributed by atoms with van der Waals surface area (Å²) in [6.45, 7) is 0.0839. The van der Waals surface area contributed by atoms with Gasteiger partial charge in [0.25, 0.3) is 0 Å². The van der Waals surface area contributed by atoms with Crippen molar-refractivity contribution in [2.45, 2.75) is 25.7 Å². The predicted molar refractivity (Wildman–Crippen MR) is 72.6 cm³/mol. The lowest BCUT2D eigenvalue weighted by molar-refractivity contribution is -0.123. The van der Waals surface area contributed by atoms with Crippen LogP contribution in [0.25, 0.3) is 0 Å². The van der Waals surface area contributed by atoms with Crippen LogP contribution in [0.3, 0.4) is 0 Å². The minimum Gasteiger partial charge on any atom is -0.396 e. The fraction of sp³-hybridized carbons (Fsp3) is 0.500. The van der Waals surface area contributed by atoms with Crippen LogP contribution in [-0.4, -0.2) is 17.6 Å². The Kier molecular flexibility index (Phi) is 4.61. The molecule has 0 heterocycles. The van der Waals surface area contributed by atoms with Crippen molar-refractivity contribution in [1.29, 1.82) is 0 Å². The molecule has 2 unspecified atom stereocenters. The van der Waals surface area contributed by atoms with E-state index < -0.39 is 0 Å². The van der Waals surface area contributed by atoms with E-state index in [0.717, 1.165) is 25.7 Å². The van der Waals surface area contributed by atoms with Gasteiger partial charge in [-0.1, -0.05) is 36.6 Å². The summed E-state index contributed by atoms with van der Waals surface area (Å²) in [6.07, 6.45) is 3.93. The van der Waals surface area contributed by atoms with Crippen LogP contribution >= 0.6 is 11.6 Å². The van der Waals surface area contributed by atoms with Crippen molar-refractivity contribution >= 4 is 23.2 Å². The molecule has 3 nitrogen and oxygen atoms in total. The minimum absolute atomic E-state index is 0.0261. The van der Waals surface area contributed by atoms with Crippen LogP contribution < -0.4 is 5.32 Å². The molecule has 2 N–H and O–H groups in total.